The summed E-state index contributed by atoms with van der Waals surface area (Å²) in [6.45, 7) is 4.79. The highest BCUT2D eigenvalue weighted by atomic mass is 16.2. The fourth-order valence-corrected chi connectivity index (χ4v) is 2.82. The molecule has 18 heavy (non-hydrogen) atoms. The molecule has 2 N–H and O–H groups in total. The zero-order valence-corrected chi connectivity index (χ0v) is 11.4. The van der Waals surface area contributed by atoms with E-state index in [1.54, 1.807) is 0 Å². The van der Waals surface area contributed by atoms with Gasteiger partial charge in [-0.1, -0.05) is 6.92 Å². The number of hydrogen-bond donors (Lipinski definition) is 1. The number of aryl methyl sites for hydroxylation is 2. The van der Waals surface area contributed by atoms with E-state index < -0.39 is 0 Å². The average Bonchev–Trinajstić information content (AvgIpc) is 2.72. The maximum atomic E-state index is 12.0. The van der Waals surface area contributed by atoms with Crippen molar-refractivity contribution in [2.75, 3.05) is 6.54 Å². The fourth-order valence-electron chi connectivity index (χ4n) is 2.82. The summed E-state index contributed by atoms with van der Waals surface area (Å²) in [5, 5.41) is 4.46. The first kappa shape index (κ1) is 13.1. The third kappa shape index (κ3) is 2.14. The summed E-state index contributed by atoms with van der Waals surface area (Å²) in [6.07, 6.45) is 4.20. The third-order valence-electron chi connectivity index (χ3n) is 3.69. The van der Waals surface area contributed by atoms with Crippen molar-refractivity contribution in [2.45, 2.75) is 45.2 Å². The monoisotopic (exact) mass is 250 g/mol. The van der Waals surface area contributed by atoms with Crippen molar-refractivity contribution in [3.63, 3.8) is 0 Å². The summed E-state index contributed by atoms with van der Waals surface area (Å²) >= 11 is 0. The molecule has 100 valence electrons. The number of likely N-dealkylation sites (N-methyl/N-ethyl adjacent to an activating group) is 1. The highest BCUT2D eigenvalue weighted by molar-refractivity contribution is 5.78. The molecule has 1 aliphatic rings. The second-order valence-corrected chi connectivity index (χ2v) is 4.89. The van der Waals surface area contributed by atoms with Crippen molar-refractivity contribution in [2.24, 2.45) is 12.8 Å². The number of likely N-dealkylation sites (tertiary alicyclic amines) is 1. The highest BCUT2D eigenvalue weighted by Gasteiger charge is 2.35. The van der Waals surface area contributed by atoms with Crippen molar-refractivity contribution in [3.05, 3.63) is 17.5 Å². The van der Waals surface area contributed by atoms with Crippen LogP contribution in [0.1, 0.15) is 44.0 Å². The molecule has 1 aromatic heterocycles. The Balaban J connectivity index is 2.40. The van der Waals surface area contributed by atoms with Gasteiger partial charge in [0, 0.05) is 37.8 Å². The van der Waals surface area contributed by atoms with Crippen molar-refractivity contribution < 1.29 is 4.79 Å². The smallest absolute Gasteiger partial charge is 0.223 e. The van der Waals surface area contributed by atoms with Crippen LogP contribution in [0.2, 0.25) is 0 Å². The van der Waals surface area contributed by atoms with E-state index in [9.17, 15) is 4.79 Å². The summed E-state index contributed by atoms with van der Waals surface area (Å²) in [6, 6.07) is -0.00273. The highest BCUT2D eigenvalue weighted by Crippen LogP contribution is 2.32. The maximum Gasteiger partial charge on any atom is 0.223 e. The lowest BCUT2D eigenvalue weighted by molar-refractivity contribution is -0.137. The van der Waals surface area contributed by atoms with Crippen LogP contribution in [0, 0.1) is 0 Å². The molecule has 0 radical (unpaired) electrons. The van der Waals surface area contributed by atoms with Crippen LogP contribution in [0.3, 0.4) is 0 Å². The van der Waals surface area contributed by atoms with Gasteiger partial charge in [0.2, 0.25) is 5.91 Å². The van der Waals surface area contributed by atoms with Gasteiger partial charge in [-0.25, -0.2) is 0 Å². The van der Waals surface area contributed by atoms with Crippen molar-refractivity contribution >= 4 is 5.91 Å². The van der Waals surface area contributed by atoms with Crippen molar-refractivity contribution in [3.8, 4) is 0 Å². The Labute approximate surface area is 108 Å². The Morgan fingerprint density at radius 3 is 2.83 bits per heavy atom. The number of carbonyl (C=O) groups is 1. The molecule has 1 amide bonds. The van der Waals surface area contributed by atoms with E-state index in [4.69, 9.17) is 5.73 Å². The van der Waals surface area contributed by atoms with E-state index in [1.807, 2.05) is 29.7 Å². The zero-order valence-electron chi connectivity index (χ0n) is 11.4. The SMILES string of the molecule is CCc1nn(C)cc1C1C(N)CCC(=O)N1CC. The van der Waals surface area contributed by atoms with Gasteiger partial charge in [0.1, 0.15) is 0 Å². The summed E-state index contributed by atoms with van der Waals surface area (Å²) in [4.78, 5) is 13.9. The van der Waals surface area contributed by atoms with Crippen LogP contribution in [-0.2, 0) is 18.3 Å². The molecular formula is C13H22N4O. The number of nitrogens with zero attached hydrogens (tertiary/aromatic N) is 3. The number of piperidine rings is 1. The normalized spacial score (nSPS) is 24.7. The number of rotatable bonds is 3. The van der Waals surface area contributed by atoms with Gasteiger partial charge in [-0.2, -0.15) is 5.10 Å². The van der Waals surface area contributed by atoms with E-state index in [2.05, 4.69) is 12.0 Å². The lowest BCUT2D eigenvalue weighted by Crippen LogP contribution is -2.48. The summed E-state index contributed by atoms with van der Waals surface area (Å²) < 4.78 is 1.81. The number of amides is 1. The van der Waals surface area contributed by atoms with Crippen LogP contribution in [-0.4, -0.2) is 33.2 Å². The van der Waals surface area contributed by atoms with Crippen LogP contribution in [0.15, 0.2) is 6.20 Å². The van der Waals surface area contributed by atoms with Gasteiger partial charge >= 0.3 is 0 Å². The van der Waals surface area contributed by atoms with Gasteiger partial charge in [0.15, 0.2) is 0 Å². The van der Waals surface area contributed by atoms with E-state index in [0.717, 1.165) is 24.1 Å². The standard InChI is InChI=1S/C13H22N4O/c1-4-11-9(8-16(3)15-11)13-10(14)6-7-12(18)17(13)5-2/h8,10,13H,4-7,14H2,1-3H3. The molecule has 1 saturated heterocycles. The molecule has 0 bridgehead atoms. The van der Waals surface area contributed by atoms with Gasteiger partial charge in [0.25, 0.3) is 0 Å². The second kappa shape index (κ2) is 5.10. The quantitative estimate of drug-likeness (QED) is 0.870. The average molecular weight is 250 g/mol. The number of hydrogen-bond acceptors (Lipinski definition) is 3. The van der Waals surface area contributed by atoms with Gasteiger partial charge in [-0.05, 0) is 19.8 Å². The van der Waals surface area contributed by atoms with Crippen molar-refractivity contribution in [1.29, 1.82) is 0 Å². The van der Waals surface area contributed by atoms with Crippen LogP contribution < -0.4 is 5.73 Å². The molecule has 5 nitrogen and oxygen atoms in total. The van der Waals surface area contributed by atoms with E-state index in [-0.39, 0.29) is 18.0 Å². The molecule has 2 atom stereocenters. The molecule has 0 saturated carbocycles. The fraction of sp³-hybridized carbons (Fsp3) is 0.692. The molecule has 0 aliphatic carbocycles. The molecule has 5 heteroatoms. The molecule has 1 aliphatic heterocycles. The third-order valence-corrected chi connectivity index (χ3v) is 3.69. The Hall–Kier alpha value is -1.36. The molecule has 2 unspecified atom stereocenters. The van der Waals surface area contributed by atoms with Gasteiger partial charge < -0.3 is 10.6 Å². The van der Waals surface area contributed by atoms with Crippen LogP contribution in [0.5, 0.6) is 0 Å². The van der Waals surface area contributed by atoms with Gasteiger partial charge in [-0.3, -0.25) is 9.48 Å². The first-order valence-electron chi connectivity index (χ1n) is 6.65. The van der Waals surface area contributed by atoms with Crippen LogP contribution in [0.4, 0.5) is 0 Å². The summed E-state index contributed by atoms with van der Waals surface area (Å²) in [5.41, 5.74) is 8.40. The number of nitrogens with two attached hydrogens (primary N) is 1. The lowest BCUT2D eigenvalue weighted by Gasteiger charge is -2.39. The lowest BCUT2D eigenvalue weighted by atomic mass is 9.90. The van der Waals surface area contributed by atoms with Gasteiger partial charge in [0.05, 0.1) is 11.7 Å². The van der Waals surface area contributed by atoms with Crippen LogP contribution >= 0.6 is 0 Å². The number of aromatic nitrogens is 2. The minimum atomic E-state index is -0.0140. The predicted molar refractivity (Wildman–Crippen MR) is 69.9 cm³/mol. The first-order valence-corrected chi connectivity index (χ1v) is 6.65. The maximum absolute atomic E-state index is 12.0. The molecule has 2 heterocycles. The second-order valence-electron chi connectivity index (χ2n) is 4.89. The van der Waals surface area contributed by atoms with Crippen LogP contribution in [0.25, 0.3) is 0 Å². The van der Waals surface area contributed by atoms with E-state index in [0.29, 0.717) is 13.0 Å². The zero-order chi connectivity index (χ0) is 13.3. The largest absolute Gasteiger partial charge is 0.334 e. The Morgan fingerprint density at radius 2 is 2.22 bits per heavy atom. The topological polar surface area (TPSA) is 64.2 Å². The Bertz CT molecular complexity index is 440. The molecule has 1 fully saturated rings. The molecule has 2 rings (SSSR count). The van der Waals surface area contributed by atoms with Gasteiger partial charge in [-0.15, -0.1) is 0 Å². The summed E-state index contributed by atoms with van der Waals surface area (Å²) in [7, 11) is 1.91. The van der Waals surface area contributed by atoms with E-state index >= 15 is 0 Å². The molecule has 0 aromatic carbocycles. The minimum Gasteiger partial charge on any atom is -0.334 e. The molecular weight excluding hydrogens is 228 g/mol. The summed E-state index contributed by atoms with van der Waals surface area (Å²) in [5.74, 6) is 0.204. The Morgan fingerprint density at radius 1 is 1.50 bits per heavy atom. The predicted octanol–water partition coefficient (Wildman–Crippen LogP) is 0.993. The number of carbonyl (C=O) groups excluding carboxylic acids is 1. The molecule has 1 aromatic rings. The molecule has 0 spiro atoms. The first-order chi connectivity index (χ1) is 8.58. The minimum absolute atomic E-state index is 0.0112. The van der Waals surface area contributed by atoms with E-state index in [1.165, 1.54) is 0 Å². The van der Waals surface area contributed by atoms with Crippen molar-refractivity contribution in [1.82, 2.24) is 14.7 Å². The Kier molecular flexibility index (Phi) is 3.71.